The van der Waals surface area contributed by atoms with E-state index in [9.17, 15) is 4.79 Å². The molecule has 4 fully saturated rings. The third-order valence-electron chi connectivity index (χ3n) is 10.2. The van der Waals surface area contributed by atoms with Crippen molar-refractivity contribution in [3.63, 3.8) is 0 Å². The number of piperidine rings is 1. The first-order valence-corrected chi connectivity index (χ1v) is 11.1. The van der Waals surface area contributed by atoms with Gasteiger partial charge in [0.2, 0.25) is 0 Å². The lowest BCUT2D eigenvalue weighted by Crippen LogP contribution is -2.66. The lowest BCUT2D eigenvalue weighted by Gasteiger charge is -2.65. The van der Waals surface area contributed by atoms with Crippen LogP contribution in [0.3, 0.4) is 0 Å². The van der Waals surface area contributed by atoms with E-state index in [0.29, 0.717) is 17.4 Å². The van der Waals surface area contributed by atoms with Crippen LogP contribution in [0.15, 0.2) is 11.1 Å². The number of methoxy groups -OCH3 is 1. The fraction of sp³-hybridized carbons (Fsp3) is 0.870. The zero-order valence-electron chi connectivity index (χ0n) is 16.6. The molecule has 0 unspecified atom stereocenters. The zero-order valence-corrected chi connectivity index (χ0v) is 16.6. The Morgan fingerprint density at radius 2 is 2.00 bits per heavy atom. The summed E-state index contributed by atoms with van der Waals surface area (Å²) in [6.07, 6.45) is 9.03. The summed E-state index contributed by atoms with van der Waals surface area (Å²) in [4.78, 5) is 15.7. The molecule has 1 spiro atoms. The van der Waals surface area contributed by atoms with E-state index < -0.39 is 0 Å². The van der Waals surface area contributed by atoms with E-state index in [1.807, 2.05) is 0 Å². The van der Waals surface area contributed by atoms with Crippen LogP contribution in [-0.4, -0.2) is 37.1 Å². The Labute approximate surface area is 157 Å². The van der Waals surface area contributed by atoms with Crippen LogP contribution in [0.4, 0.5) is 0 Å². The predicted molar refractivity (Wildman–Crippen MR) is 100 cm³/mol. The second-order valence-electron chi connectivity index (χ2n) is 10.7. The number of hydrogen-bond acceptors (Lipinski definition) is 3. The SMILES string of the molecule is COC(=O)[C@@H]1C[C@@]23C4=C(CC[C@@H]5CN6C[C@@H](C)[C@@H](CC[C@@]52C)[C@@H]63)CC[C@@H]41. The van der Waals surface area contributed by atoms with Crippen molar-refractivity contribution in [2.45, 2.75) is 64.8 Å². The maximum atomic E-state index is 12.8. The molecular formula is C23H33NO2. The first-order chi connectivity index (χ1) is 12.5. The molecule has 8 atom stereocenters. The molecule has 2 saturated heterocycles. The number of carbonyl (C=O) groups excluding carboxylic acids is 1. The highest BCUT2D eigenvalue weighted by Gasteiger charge is 2.74. The standard InChI is InChI=1S/C23H33NO2/c1-13-11-24-12-15-6-4-14-5-7-17-18(21(25)26-3)10-23(19(14)17)20(24)16(13)8-9-22(15,23)2/h13,15-18,20H,4-12H2,1-3H3/t13-,15-,16-,17-,18-,20-,22+,23+/m1/s1. The molecule has 142 valence electrons. The Hall–Kier alpha value is -0.830. The molecule has 3 heteroatoms. The van der Waals surface area contributed by atoms with Gasteiger partial charge < -0.3 is 4.74 Å². The van der Waals surface area contributed by atoms with Crippen molar-refractivity contribution in [3.05, 3.63) is 11.1 Å². The first kappa shape index (κ1) is 16.2. The Morgan fingerprint density at radius 3 is 2.81 bits per heavy atom. The number of nitrogens with zero attached hydrogens (tertiary/aromatic N) is 1. The molecule has 0 amide bonds. The van der Waals surface area contributed by atoms with Gasteiger partial charge in [-0.15, -0.1) is 0 Å². The summed E-state index contributed by atoms with van der Waals surface area (Å²) in [5, 5.41) is 0. The molecule has 0 N–H and O–H groups in total. The number of allylic oxidation sites excluding steroid dienone is 1. The third kappa shape index (κ3) is 1.57. The summed E-state index contributed by atoms with van der Waals surface area (Å²) in [5.74, 6) is 3.16. The van der Waals surface area contributed by atoms with Crippen molar-refractivity contribution >= 4 is 5.97 Å². The topological polar surface area (TPSA) is 29.5 Å². The second-order valence-corrected chi connectivity index (χ2v) is 10.7. The fourth-order valence-electron chi connectivity index (χ4n) is 9.35. The average molecular weight is 356 g/mol. The highest BCUT2D eigenvalue weighted by molar-refractivity contribution is 5.75. The van der Waals surface area contributed by atoms with Gasteiger partial charge in [-0.2, -0.15) is 0 Å². The molecule has 6 aliphatic rings. The molecule has 0 aromatic rings. The third-order valence-corrected chi connectivity index (χ3v) is 10.2. The highest BCUT2D eigenvalue weighted by atomic mass is 16.5. The van der Waals surface area contributed by atoms with Gasteiger partial charge in [-0.3, -0.25) is 9.69 Å². The van der Waals surface area contributed by atoms with Crippen LogP contribution in [0.1, 0.15) is 58.8 Å². The summed E-state index contributed by atoms with van der Waals surface area (Å²) in [6.45, 7) is 7.74. The van der Waals surface area contributed by atoms with Crippen molar-refractivity contribution < 1.29 is 9.53 Å². The lowest BCUT2D eigenvalue weighted by molar-refractivity contribution is -0.154. The monoisotopic (exact) mass is 355 g/mol. The molecule has 26 heavy (non-hydrogen) atoms. The van der Waals surface area contributed by atoms with Gasteiger partial charge in [-0.05, 0) is 74.0 Å². The van der Waals surface area contributed by atoms with Crippen molar-refractivity contribution in [1.29, 1.82) is 0 Å². The van der Waals surface area contributed by atoms with Gasteiger partial charge in [-0.1, -0.05) is 25.0 Å². The van der Waals surface area contributed by atoms with E-state index in [0.717, 1.165) is 24.2 Å². The maximum absolute atomic E-state index is 12.8. The van der Waals surface area contributed by atoms with Gasteiger partial charge in [0.25, 0.3) is 0 Å². The smallest absolute Gasteiger partial charge is 0.309 e. The summed E-state index contributed by atoms with van der Waals surface area (Å²) in [5.41, 5.74) is 4.25. The van der Waals surface area contributed by atoms with Crippen molar-refractivity contribution in [1.82, 2.24) is 4.90 Å². The minimum Gasteiger partial charge on any atom is -0.469 e. The van der Waals surface area contributed by atoms with E-state index in [1.165, 1.54) is 51.6 Å². The van der Waals surface area contributed by atoms with Crippen molar-refractivity contribution in [3.8, 4) is 0 Å². The number of esters is 1. The summed E-state index contributed by atoms with van der Waals surface area (Å²) >= 11 is 0. The van der Waals surface area contributed by atoms with Gasteiger partial charge in [-0.25, -0.2) is 0 Å². The lowest BCUT2D eigenvalue weighted by atomic mass is 9.44. The molecule has 0 aromatic heterocycles. The number of ether oxygens (including phenoxy) is 1. The van der Waals surface area contributed by atoms with Crippen LogP contribution in [-0.2, 0) is 9.53 Å². The highest BCUT2D eigenvalue weighted by Crippen LogP contribution is 2.76. The average Bonchev–Trinajstić information content (AvgIpc) is 3.26. The molecule has 0 radical (unpaired) electrons. The van der Waals surface area contributed by atoms with Crippen LogP contribution >= 0.6 is 0 Å². The van der Waals surface area contributed by atoms with Crippen LogP contribution in [0.5, 0.6) is 0 Å². The van der Waals surface area contributed by atoms with Gasteiger partial charge in [0, 0.05) is 24.5 Å². The van der Waals surface area contributed by atoms with E-state index in [1.54, 1.807) is 18.3 Å². The molecule has 4 bridgehead atoms. The van der Waals surface area contributed by atoms with E-state index >= 15 is 0 Å². The maximum Gasteiger partial charge on any atom is 0.309 e. The van der Waals surface area contributed by atoms with E-state index in [2.05, 4.69) is 18.7 Å². The van der Waals surface area contributed by atoms with Crippen molar-refractivity contribution in [2.75, 3.05) is 20.2 Å². The van der Waals surface area contributed by atoms with Crippen molar-refractivity contribution in [2.24, 2.45) is 40.4 Å². The Kier molecular flexibility index (Phi) is 3.08. The predicted octanol–water partition coefficient (Wildman–Crippen LogP) is 4.03. The van der Waals surface area contributed by atoms with Gasteiger partial charge in [0.15, 0.2) is 0 Å². The Balaban J connectivity index is 1.60. The summed E-state index contributed by atoms with van der Waals surface area (Å²) in [6, 6.07) is 0.700. The van der Waals surface area contributed by atoms with E-state index in [-0.39, 0.29) is 17.3 Å². The first-order valence-electron chi connectivity index (χ1n) is 11.1. The normalized spacial score (nSPS) is 54.3. The summed E-state index contributed by atoms with van der Waals surface area (Å²) in [7, 11) is 1.60. The second kappa shape index (κ2) is 4.96. The van der Waals surface area contributed by atoms with Crippen LogP contribution in [0.25, 0.3) is 0 Å². The molecule has 0 aromatic carbocycles. The molecule has 2 aliphatic heterocycles. The minimum absolute atomic E-state index is 0.0744. The number of carbonyl (C=O) groups is 1. The molecule has 3 nitrogen and oxygen atoms in total. The van der Waals surface area contributed by atoms with Gasteiger partial charge >= 0.3 is 5.97 Å². The van der Waals surface area contributed by atoms with Crippen LogP contribution in [0.2, 0.25) is 0 Å². The van der Waals surface area contributed by atoms with Crippen LogP contribution < -0.4 is 0 Å². The largest absolute Gasteiger partial charge is 0.469 e. The van der Waals surface area contributed by atoms with Crippen LogP contribution in [0, 0.1) is 40.4 Å². The molecule has 2 saturated carbocycles. The van der Waals surface area contributed by atoms with E-state index in [4.69, 9.17) is 4.74 Å². The number of hydrogen-bond donors (Lipinski definition) is 0. The fourth-order valence-corrected chi connectivity index (χ4v) is 9.35. The molecule has 2 heterocycles. The molecular weight excluding hydrogens is 322 g/mol. The van der Waals surface area contributed by atoms with Gasteiger partial charge in [0.05, 0.1) is 13.0 Å². The zero-order chi connectivity index (χ0) is 17.8. The quantitative estimate of drug-likeness (QED) is 0.525. The molecule has 4 aliphatic carbocycles. The minimum atomic E-state index is 0.0744. The Morgan fingerprint density at radius 1 is 1.19 bits per heavy atom. The number of rotatable bonds is 1. The molecule has 6 rings (SSSR count). The Bertz CT molecular complexity index is 713. The van der Waals surface area contributed by atoms with Gasteiger partial charge in [0.1, 0.15) is 0 Å². The summed E-state index contributed by atoms with van der Waals surface area (Å²) < 4.78 is 5.33.